The van der Waals surface area contributed by atoms with E-state index in [1.54, 1.807) is 6.20 Å². The number of amides is 2. The maximum absolute atomic E-state index is 12.2. The molecule has 1 atom stereocenters. The quantitative estimate of drug-likeness (QED) is 0.421. The van der Waals surface area contributed by atoms with Gasteiger partial charge in [0.05, 0.1) is 0 Å². The third-order valence-corrected chi connectivity index (χ3v) is 3.57. The third-order valence-electron chi connectivity index (χ3n) is 3.57. The minimum Gasteiger partial charge on any atom is -0.670 e. The van der Waals surface area contributed by atoms with Crippen LogP contribution in [0, 0.1) is 0 Å². The van der Waals surface area contributed by atoms with Crippen LogP contribution in [0.2, 0.25) is 0 Å². The van der Waals surface area contributed by atoms with Gasteiger partial charge in [0.2, 0.25) is 5.91 Å². The molecule has 1 heterocycles. The van der Waals surface area contributed by atoms with E-state index < -0.39 is 18.5 Å². The molecule has 0 aromatic carbocycles. The van der Waals surface area contributed by atoms with E-state index in [1.165, 1.54) is 32.0 Å². The van der Waals surface area contributed by atoms with Gasteiger partial charge in [0.25, 0.3) is 0 Å². The topological polar surface area (TPSA) is 109 Å². The van der Waals surface area contributed by atoms with Crippen molar-refractivity contribution in [3.05, 3.63) is 24.0 Å². The van der Waals surface area contributed by atoms with E-state index in [-0.39, 0.29) is 29.4 Å². The maximum Gasteiger partial charge on any atom is 2.00 e. The number of aromatic nitrogens is 2. The Bertz CT molecular complexity index is 453. The molecule has 1 aromatic heterocycles. The first-order valence-electron chi connectivity index (χ1n) is 8.30. The van der Waals surface area contributed by atoms with E-state index in [0.717, 1.165) is 12.8 Å². The van der Waals surface area contributed by atoms with Gasteiger partial charge in [0, 0.05) is 6.54 Å². The Balaban J connectivity index is 0.00000529. The summed E-state index contributed by atoms with van der Waals surface area (Å²) in [6.45, 7) is 2.39. The minimum absolute atomic E-state index is 0. The summed E-state index contributed by atoms with van der Waals surface area (Å²) in [5.74, 6) is -0.701. The molecule has 0 fully saturated rings. The predicted octanol–water partition coefficient (Wildman–Crippen LogP) is 1.59. The second-order valence-electron chi connectivity index (χ2n) is 5.57. The van der Waals surface area contributed by atoms with Crippen molar-refractivity contribution in [2.24, 2.45) is 0 Å². The Kier molecular flexibility index (Phi) is 13.2. The van der Waals surface area contributed by atoms with Crippen LogP contribution in [0.1, 0.15) is 51.1 Å². The fourth-order valence-corrected chi connectivity index (χ4v) is 2.27. The van der Waals surface area contributed by atoms with Crippen molar-refractivity contribution in [1.29, 1.82) is 0 Å². The van der Waals surface area contributed by atoms with E-state index in [9.17, 15) is 9.59 Å². The van der Waals surface area contributed by atoms with Gasteiger partial charge in [-0.2, -0.15) is 0 Å². The smallest absolute Gasteiger partial charge is 0.670 e. The van der Waals surface area contributed by atoms with Crippen LogP contribution in [0.25, 0.3) is 5.73 Å². The van der Waals surface area contributed by atoms with Gasteiger partial charge in [0.15, 0.2) is 5.91 Å². The molecule has 3 N–H and O–H groups in total. The molecule has 0 bridgehead atoms. The molecular formula is C16H27CuN5O2. The molecule has 0 aliphatic heterocycles. The number of imidazole rings is 1. The second-order valence-corrected chi connectivity index (χ2v) is 5.57. The molecule has 0 spiro atoms. The van der Waals surface area contributed by atoms with Crippen LogP contribution >= 0.6 is 0 Å². The fraction of sp³-hybridized carbons (Fsp3) is 0.688. The summed E-state index contributed by atoms with van der Waals surface area (Å²) in [5, 5.41) is 5.42. The van der Waals surface area contributed by atoms with E-state index in [2.05, 4.69) is 27.5 Å². The van der Waals surface area contributed by atoms with Crippen LogP contribution in [0.15, 0.2) is 12.5 Å². The number of hydrogen-bond acceptors (Lipinski definition) is 3. The first-order valence-corrected chi connectivity index (χ1v) is 8.30. The van der Waals surface area contributed by atoms with Crippen molar-refractivity contribution >= 4 is 11.8 Å². The van der Waals surface area contributed by atoms with Gasteiger partial charge >= 0.3 is 17.1 Å². The Morgan fingerprint density at radius 1 is 1.25 bits per heavy atom. The minimum atomic E-state index is -0.704. The zero-order valence-corrected chi connectivity index (χ0v) is 15.1. The molecule has 24 heavy (non-hydrogen) atoms. The van der Waals surface area contributed by atoms with Crippen molar-refractivity contribution in [1.82, 2.24) is 20.6 Å². The molecule has 1 unspecified atom stereocenters. The van der Waals surface area contributed by atoms with Crippen LogP contribution in [-0.4, -0.2) is 35.9 Å². The molecule has 2 amide bonds. The first kappa shape index (κ1) is 22.6. The molecule has 1 rings (SSSR count). The maximum atomic E-state index is 12.2. The number of carbonyl (C=O) groups excluding carboxylic acids is 2. The van der Waals surface area contributed by atoms with E-state index in [4.69, 9.17) is 5.73 Å². The van der Waals surface area contributed by atoms with Gasteiger partial charge in [-0.15, -0.1) is 0 Å². The van der Waals surface area contributed by atoms with Gasteiger partial charge < -0.3 is 26.3 Å². The summed E-state index contributed by atoms with van der Waals surface area (Å²) < 4.78 is 0. The fourth-order valence-electron chi connectivity index (χ4n) is 2.27. The monoisotopic (exact) mass is 384 g/mol. The Hall–Kier alpha value is -1.37. The molecule has 8 heteroatoms. The summed E-state index contributed by atoms with van der Waals surface area (Å²) in [6.07, 6.45) is 10.2. The molecule has 7 nitrogen and oxygen atoms in total. The van der Waals surface area contributed by atoms with Gasteiger partial charge in [-0.05, 0) is 12.8 Å². The molecule has 1 radical (unpaired) electrons. The molecule has 0 aliphatic rings. The largest absolute Gasteiger partial charge is 2.00 e. The Labute approximate surface area is 154 Å². The normalized spacial score (nSPS) is 11.4. The van der Waals surface area contributed by atoms with Crippen LogP contribution in [-0.2, 0) is 33.1 Å². The molecule has 0 saturated carbocycles. The van der Waals surface area contributed by atoms with Crippen molar-refractivity contribution in [3.8, 4) is 0 Å². The van der Waals surface area contributed by atoms with Crippen LogP contribution in [0.4, 0.5) is 0 Å². The molecule has 0 saturated heterocycles. The van der Waals surface area contributed by atoms with Gasteiger partial charge in [0.1, 0.15) is 6.04 Å². The average Bonchev–Trinajstić information content (AvgIpc) is 3.06. The number of nitrogens with one attached hydrogen (secondary N) is 3. The molecular weight excluding hydrogens is 358 g/mol. The van der Waals surface area contributed by atoms with Crippen molar-refractivity contribution < 1.29 is 26.7 Å². The SMILES string of the molecule is CCCCCCCCNC(=O)C(Cc1c[n-]cn1)NC(=O)C[NH-].[Cu+2]. The summed E-state index contributed by atoms with van der Waals surface area (Å²) in [7, 11) is 0. The standard InChI is InChI=1S/C16H28N5O2.Cu/c1-2-3-4-5-6-7-8-19-16(23)14(21-15(22)10-17)9-13-11-18-12-20-13;/h11-12,14,17H,2-10H2,1H3,(H3,18,19,20,21,22,23);/q-1;+2/p-1. The number of nitrogens with zero attached hydrogens (tertiary/aromatic N) is 2. The van der Waals surface area contributed by atoms with Crippen molar-refractivity contribution in [2.45, 2.75) is 57.9 Å². The average molecular weight is 385 g/mol. The van der Waals surface area contributed by atoms with Gasteiger partial charge in [-0.3, -0.25) is 9.59 Å². The molecule has 1 aromatic rings. The number of carbonyl (C=O) groups is 2. The number of unbranched alkanes of at least 4 members (excludes halogenated alkanes) is 5. The van der Waals surface area contributed by atoms with Crippen LogP contribution < -0.4 is 15.6 Å². The zero-order chi connectivity index (χ0) is 16.9. The van der Waals surface area contributed by atoms with E-state index in [0.29, 0.717) is 12.2 Å². The van der Waals surface area contributed by atoms with E-state index in [1.807, 2.05) is 0 Å². The Morgan fingerprint density at radius 2 is 1.96 bits per heavy atom. The molecule has 0 aliphatic carbocycles. The second kappa shape index (κ2) is 14.0. The predicted molar refractivity (Wildman–Crippen MR) is 88.8 cm³/mol. The summed E-state index contributed by atoms with van der Waals surface area (Å²) in [4.78, 5) is 31.5. The van der Waals surface area contributed by atoms with Crippen LogP contribution in [0.3, 0.4) is 0 Å². The first-order chi connectivity index (χ1) is 11.2. The summed E-state index contributed by atoms with van der Waals surface area (Å²) in [5.41, 5.74) is 7.72. The van der Waals surface area contributed by atoms with Crippen molar-refractivity contribution in [3.63, 3.8) is 0 Å². The van der Waals surface area contributed by atoms with Crippen LogP contribution in [0.5, 0.6) is 0 Å². The Morgan fingerprint density at radius 3 is 2.58 bits per heavy atom. The number of hydrogen-bond donors (Lipinski definition) is 2. The summed E-state index contributed by atoms with van der Waals surface area (Å²) >= 11 is 0. The number of rotatable bonds is 12. The van der Waals surface area contributed by atoms with Gasteiger partial charge in [-0.1, -0.05) is 63.8 Å². The third kappa shape index (κ3) is 9.70. The van der Waals surface area contributed by atoms with Crippen molar-refractivity contribution in [2.75, 3.05) is 13.1 Å². The van der Waals surface area contributed by atoms with E-state index >= 15 is 0 Å². The van der Waals surface area contributed by atoms with Gasteiger partial charge in [-0.25, -0.2) is 0 Å². The summed E-state index contributed by atoms with van der Waals surface area (Å²) in [6, 6.07) is -0.704. The zero-order valence-electron chi connectivity index (χ0n) is 14.1. The molecule has 139 valence electrons.